The SMILES string of the molecule is Cc1cccc2nc(CNc3ccccc3N3CCC(O)CC3)cn12. The summed E-state index contributed by atoms with van der Waals surface area (Å²) in [5.41, 5.74) is 5.51. The minimum atomic E-state index is -0.155. The molecule has 5 nitrogen and oxygen atoms in total. The van der Waals surface area contributed by atoms with Crippen LogP contribution in [0.2, 0.25) is 0 Å². The lowest BCUT2D eigenvalue weighted by molar-refractivity contribution is 0.145. The number of nitrogens with one attached hydrogen (secondary N) is 1. The molecule has 0 saturated carbocycles. The number of benzene rings is 1. The molecule has 5 heteroatoms. The number of imidazole rings is 1. The van der Waals surface area contributed by atoms with Crippen molar-refractivity contribution in [2.24, 2.45) is 0 Å². The third-order valence-electron chi connectivity index (χ3n) is 4.91. The second-order valence-corrected chi connectivity index (χ2v) is 6.72. The van der Waals surface area contributed by atoms with Crippen LogP contribution in [0.4, 0.5) is 11.4 Å². The van der Waals surface area contributed by atoms with Gasteiger partial charge < -0.3 is 19.7 Å². The third kappa shape index (κ3) is 3.33. The third-order valence-corrected chi connectivity index (χ3v) is 4.91. The summed E-state index contributed by atoms with van der Waals surface area (Å²) >= 11 is 0. The lowest BCUT2D eigenvalue weighted by atomic mass is 10.1. The fraction of sp³-hybridized carbons (Fsp3) is 0.350. The average molecular weight is 336 g/mol. The number of hydrogen-bond donors (Lipinski definition) is 2. The van der Waals surface area contributed by atoms with E-state index in [1.165, 1.54) is 11.4 Å². The molecule has 1 aromatic carbocycles. The molecule has 1 aliphatic heterocycles. The van der Waals surface area contributed by atoms with Crippen LogP contribution >= 0.6 is 0 Å². The van der Waals surface area contributed by atoms with Crippen LogP contribution in [0.1, 0.15) is 24.2 Å². The molecule has 1 saturated heterocycles. The number of aliphatic hydroxyl groups excluding tert-OH is 1. The van der Waals surface area contributed by atoms with Gasteiger partial charge in [0.1, 0.15) is 5.65 Å². The molecular formula is C20H24N4O. The maximum atomic E-state index is 9.73. The molecule has 25 heavy (non-hydrogen) atoms. The van der Waals surface area contributed by atoms with Gasteiger partial charge in [0.2, 0.25) is 0 Å². The Morgan fingerprint density at radius 3 is 2.72 bits per heavy atom. The van der Waals surface area contributed by atoms with Crippen LogP contribution in [0.3, 0.4) is 0 Å². The number of para-hydroxylation sites is 2. The van der Waals surface area contributed by atoms with Crippen LogP contribution in [-0.2, 0) is 6.54 Å². The number of piperidine rings is 1. The predicted octanol–water partition coefficient (Wildman–Crippen LogP) is 3.22. The number of anilines is 2. The standard InChI is InChI=1S/C20H24N4O/c1-15-5-4-8-20-22-16(14-24(15)20)13-21-18-6-2-3-7-19(18)23-11-9-17(25)10-12-23/h2-8,14,17,21,25H,9-13H2,1H3. The summed E-state index contributed by atoms with van der Waals surface area (Å²) in [6.07, 6.45) is 3.61. The Morgan fingerprint density at radius 2 is 1.92 bits per heavy atom. The summed E-state index contributed by atoms with van der Waals surface area (Å²) in [6, 6.07) is 14.5. The quantitative estimate of drug-likeness (QED) is 0.768. The first kappa shape index (κ1) is 16.0. The molecule has 0 aliphatic carbocycles. The summed E-state index contributed by atoms with van der Waals surface area (Å²) in [6.45, 7) is 4.57. The van der Waals surface area contributed by atoms with Crippen molar-refractivity contribution in [2.45, 2.75) is 32.4 Å². The molecule has 1 aliphatic rings. The predicted molar refractivity (Wildman–Crippen MR) is 101 cm³/mol. The summed E-state index contributed by atoms with van der Waals surface area (Å²) in [4.78, 5) is 7.04. The van der Waals surface area contributed by atoms with Gasteiger partial charge in [-0.3, -0.25) is 0 Å². The van der Waals surface area contributed by atoms with Crippen LogP contribution in [0.15, 0.2) is 48.7 Å². The van der Waals surface area contributed by atoms with E-state index in [1.54, 1.807) is 0 Å². The summed E-state index contributed by atoms with van der Waals surface area (Å²) in [5, 5.41) is 13.3. The minimum absolute atomic E-state index is 0.155. The van der Waals surface area contributed by atoms with E-state index in [0.717, 1.165) is 43.0 Å². The largest absolute Gasteiger partial charge is 0.393 e. The monoisotopic (exact) mass is 336 g/mol. The van der Waals surface area contributed by atoms with Crippen LogP contribution in [-0.4, -0.2) is 33.7 Å². The molecule has 0 spiro atoms. The number of rotatable bonds is 4. The highest BCUT2D eigenvalue weighted by Crippen LogP contribution is 2.28. The molecule has 3 heterocycles. The zero-order chi connectivity index (χ0) is 17.2. The molecule has 0 radical (unpaired) electrons. The number of fused-ring (bicyclic) bond motifs is 1. The minimum Gasteiger partial charge on any atom is -0.393 e. The van der Waals surface area contributed by atoms with Crippen molar-refractivity contribution in [1.29, 1.82) is 0 Å². The number of aromatic nitrogens is 2. The van der Waals surface area contributed by atoms with Gasteiger partial charge in [-0.1, -0.05) is 18.2 Å². The number of pyridine rings is 1. The van der Waals surface area contributed by atoms with Crippen molar-refractivity contribution in [3.05, 3.63) is 60.0 Å². The molecule has 0 bridgehead atoms. The van der Waals surface area contributed by atoms with Crippen molar-refractivity contribution in [2.75, 3.05) is 23.3 Å². The van der Waals surface area contributed by atoms with Gasteiger partial charge >= 0.3 is 0 Å². The molecule has 4 rings (SSSR count). The van der Waals surface area contributed by atoms with Gasteiger partial charge in [-0.15, -0.1) is 0 Å². The highest BCUT2D eigenvalue weighted by Gasteiger charge is 2.19. The fourth-order valence-electron chi connectivity index (χ4n) is 3.48. The Kier molecular flexibility index (Phi) is 4.32. The van der Waals surface area contributed by atoms with E-state index >= 15 is 0 Å². The fourth-order valence-corrected chi connectivity index (χ4v) is 3.48. The van der Waals surface area contributed by atoms with Crippen LogP contribution in [0, 0.1) is 6.92 Å². The van der Waals surface area contributed by atoms with E-state index in [-0.39, 0.29) is 6.10 Å². The van der Waals surface area contributed by atoms with E-state index in [9.17, 15) is 5.11 Å². The van der Waals surface area contributed by atoms with E-state index < -0.39 is 0 Å². The van der Waals surface area contributed by atoms with E-state index in [0.29, 0.717) is 6.54 Å². The number of nitrogens with zero attached hydrogens (tertiary/aromatic N) is 3. The van der Waals surface area contributed by atoms with E-state index in [1.807, 2.05) is 12.1 Å². The Balaban J connectivity index is 1.51. The first-order valence-corrected chi connectivity index (χ1v) is 8.90. The Hall–Kier alpha value is -2.53. The molecule has 130 valence electrons. The number of aliphatic hydroxyl groups is 1. The van der Waals surface area contributed by atoms with Crippen molar-refractivity contribution in [3.63, 3.8) is 0 Å². The number of hydrogen-bond acceptors (Lipinski definition) is 4. The Bertz CT molecular complexity index is 865. The zero-order valence-corrected chi connectivity index (χ0v) is 14.5. The van der Waals surface area contributed by atoms with Crippen LogP contribution in [0.25, 0.3) is 5.65 Å². The molecule has 3 aromatic rings. The Morgan fingerprint density at radius 1 is 1.12 bits per heavy atom. The highest BCUT2D eigenvalue weighted by atomic mass is 16.3. The van der Waals surface area contributed by atoms with Crippen molar-refractivity contribution in [3.8, 4) is 0 Å². The summed E-state index contributed by atoms with van der Waals surface area (Å²) in [7, 11) is 0. The van der Waals surface area contributed by atoms with E-state index in [4.69, 9.17) is 4.98 Å². The molecule has 0 amide bonds. The van der Waals surface area contributed by atoms with Gasteiger partial charge in [-0.25, -0.2) is 4.98 Å². The summed E-state index contributed by atoms with van der Waals surface area (Å²) < 4.78 is 2.12. The molecule has 0 unspecified atom stereocenters. The van der Waals surface area contributed by atoms with E-state index in [2.05, 4.69) is 58.1 Å². The smallest absolute Gasteiger partial charge is 0.137 e. The van der Waals surface area contributed by atoms with Crippen molar-refractivity contribution in [1.82, 2.24) is 9.38 Å². The van der Waals surface area contributed by atoms with Crippen LogP contribution in [0.5, 0.6) is 0 Å². The number of aryl methyl sites for hydroxylation is 1. The van der Waals surface area contributed by atoms with Crippen LogP contribution < -0.4 is 10.2 Å². The van der Waals surface area contributed by atoms with Gasteiger partial charge in [0.25, 0.3) is 0 Å². The Labute approximate surface area is 147 Å². The van der Waals surface area contributed by atoms with Gasteiger partial charge in [-0.05, 0) is 44.0 Å². The molecule has 2 aromatic heterocycles. The zero-order valence-electron chi connectivity index (χ0n) is 14.5. The van der Waals surface area contributed by atoms with Crippen molar-refractivity contribution >= 4 is 17.0 Å². The van der Waals surface area contributed by atoms with Gasteiger partial charge in [0.05, 0.1) is 29.7 Å². The second kappa shape index (κ2) is 6.76. The average Bonchev–Trinajstić information content (AvgIpc) is 3.06. The molecule has 0 atom stereocenters. The normalized spacial score (nSPS) is 15.7. The molecular weight excluding hydrogens is 312 g/mol. The van der Waals surface area contributed by atoms with Gasteiger partial charge in [-0.2, -0.15) is 0 Å². The van der Waals surface area contributed by atoms with Gasteiger partial charge in [0.15, 0.2) is 0 Å². The first-order chi connectivity index (χ1) is 12.2. The lowest BCUT2D eigenvalue weighted by Gasteiger charge is -2.32. The highest BCUT2D eigenvalue weighted by molar-refractivity contribution is 5.70. The van der Waals surface area contributed by atoms with Gasteiger partial charge in [0, 0.05) is 25.0 Å². The topological polar surface area (TPSA) is 52.8 Å². The summed E-state index contributed by atoms with van der Waals surface area (Å²) in [5.74, 6) is 0. The van der Waals surface area contributed by atoms with Crippen molar-refractivity contribution < 1.29 is 5.11 Å². The first-order valence-electron chi connectivity index (χ1n) is 8.90. The molecule has 2 N–H and O–H groups in total. The second-order valence-electron chi connectivity index (χ2n) is 6.72. The maximum Gasteiger partial charge on any atom is 0.137 e. The molecule has 1 fully saturated rings. The lowest BCUT2D eigenvalue weighted by Crippen LogP contribution is -2.36. The maximum absolute atomic E-state index is 9.73.